The Morgan fingerprint density at radius 1 is 0.936 bits per heavy atom. The zero-order valence-electron chi connectivity index (χ0n) is 29.6. The molecule has 0 amide bonds. The first-order chi connectivity index (χ1) is 21.8. The van der Waals surface area contributed by atoms with Gasteiger partial charge < -0.3 is 44.5 Å². The minimum absolute atomic E-state index is 0.0683. The van der Waals surface area contributed by atoms with Crippen molar-refractivity contribution in [3.8, 4) is 0 Å². The summed E-state index contributed by atoms with van der Waals surface area (Å²) in [5.41, 5.74) is -1.61. The molecular weight excluding hydrogens is 604 g/mol. The summed E-state index contributed by atoms with van der Waals surface area (Å²) in [6.45, 7) is 16.2. The summed E-state index contributed by atoms with van der Waals surface area (Å²) < 4.78 is 24.6. The third-order valence-corrected chi connectivity index (χ3v) is 15.8. The van der Waals surface area contributed by atoms with Gasteiger partial charge in [-0.1, -0.05) is 34.6 Å². The summed E-state index contributed by atoms with van der Waals surface area (Å²) in [5, 5.41) is 54.3. The van der Waals surface area contributed by atoms with E-state index in [4.69, 9.17) is 18.9 Å². The molecule has 17 atom stereocenters. The lowest BCUT2D eigenvalue weighted by Gasteiger charge is -2.64. The largest absolute Gasteiger partial charge is 0.457 e. The lowest BCUT2D eigenvalue weighted by Crippen LogP contribution is -2.61. The minimum atomic E-state index is -1.30. The average Bonchev–Trinajstić information content (AvgIpc) is 3.61. The maximum atomic E-state index is 12.5. The third kappa shape index (κ3) is 4.54. The van der Waals surface area contributed by atoms with Crippen LogP contribution in [-0.4, -0.2) is 98.8 Å². The molecule has 10 heteroatoms. The van der Waals surface area contributed by atoms with Gasteiger partial charge in [-0.3, -0.25) is 4.79 Å². The molecule has 10 nitrogen and oxygen atoms in total. The Kier molecular flexibility index (Phi) is 7.97. The number of carbonyl (C=O) groups is 1. The molecule has 2 aliphatic heterocycles. The molecular formula is C37H60O10. The predicted molar refractivity (Wildman–Crippen MR) is 171 cm³/mol. The standard InChI is InChI=1S/C37H60O10/c1-18-15-21(30(33(5,6)43)45-19(2)38)46-28-25(18)34(7)13-14-37-17-36(37)12-11-24(47-31-27(41)26(40)20(39)16-44-31)32(3,4)22(36)9-10-23(37)35(34,8)29(28)42/h18,20-31,39-43H,9-17H2,1-8H3/t18-,20-,21?,22?,23?,24?,25+,26?,27-,28?,29+,30?,31+,34?,35-,36?,37?/m1/s1. The summed E-state index contributed by atoms with van der Waals surface area (Å²) in [6, 6.07) is 0. The molecule has 0 aromatic rings. The minimum Gasteiger partial charge on any atom is -0.457 e. The first-order valence-electron chi connectivity index (χ1n) is 18.3. The molecule has 0 bridgehead atoms. The van der Waals surface area contributed by atoms with Crippen LogP contribution in [0.1, 0.15) is 107 Å². The van der Waals surface area contributed by atoms with Crippen LogP contribution in [-0.2, 0) is 23.7 Å². The van der Waals surface area contributed by atoms with Crippen molar-refractivity contribution < 1.29 is 49.3 Å². The highest BCUT2D eigenvalue weighted by molar-refractivity contribution is 5.66. The zero-order valence-corrected chi connectivity index (χ0v) is 29.6. The van der Waals surface area contributed by atoms with Crippen molar-refractivity contribution >= 4 is 5.97 Å². The van der Waals surface area contributed by atoms with Crippen molar-refractivity contribution in [1.82, 2.24) is 0 Å². The fourth-order valence-electron chi connectivity index (χ4n) is 13.7. The highest BCUT2D eigenvalue weighted by Crippen LogP contribution is 2.89. The molecule has 2 spiro atoms. The van der Waals surface area contributed by atoms with E-state index in [-0.39, 0.29) is 51.6 Å². The lowest BCUT2D eigenvalue weighted by molar-refractivity contribution is -0.303. The summed E-state index contributed by atoms with van der Waals surface area (Å²) in [5.74, 6) is 0.717. The number of fused-ring (bicyclic) bond motifs is 4. The fraction of sp³-hybridized carbons (Fsp3) is 0.973. The Morgan fingerprint density at radius 2 is 1.60 bits per heavy atom. The van der Waals surface area contributed by atoms with Crippen LogP contribution in [0.5, 0.6) is 0 Å². The highest BCUT2D eigenvalue weighted by Gasteiger charge is 2.84. The van der Waals surface area contributed by atoms with E-state index in [0.29, 0.717) is 18.3 Å². The molecule has 0 aromatic carbocycles. The highest BCUT2D eigenvalue weighted by atomic mass is 16.7. The van der Waals surface area contributed by atoms with E-state index in [9.17, 15) is 30.3 Å². The van der Waals surface area contributed by atoms with Crippen LogP contribution in [0.2, 0.25) is 0 Å². The van der Waals surface area contributed by atoms with Crippen molar-refractivity contribution in [2.24, 2.45) is 50.7 Å². The van der Waals surface area contributed by atoms with Crippen LogP contribution >= 0.6 is 0 Å². The fourth-order valence-corrected chi connectivity index (χ4v) is 13.7. The second kappa shape index (κ2) is 10.8. The third-order valence-electron chi connectivity index (χ3n) is 15.8. The molecule has 7 fully saturated rings. The average molecular weight is 665 g/mol. The molecule has 0 radical (unpaired) electrons. The van der Waals surface area contributed by atoms with Crippen molar-refractivity contribution in [3.05, 3.63) is 0 Å². The molecule has 2 saturated heterocycles. The van der Waals surface area contributed by atoms with Crippen molar-refractivity contribution in [2.45, 2.75) is 167 Å². The number of ether oxygens (including phenoxy) is 4. The maximum Gasteiger partial charge on any atom is 0.303 e. The number of esters is 1. The number of hydrogen-bond acceptors (Lipinski definition) is 10. The molecule has 5 saturated carbocycles. The van der Waals surface area contributed by atoms with Crippen LogP contribution in [0, 0.1) is 50.7 Å². The topological polar surface area (TPSA) is 155 Å². The molecule has 5 aliphatic carbocycles. The van der Waals surface area contributed by atoms with Crippen LogP contribution in [0.15, 0.2) is 0 Å². The molecule has 7 rings (SSSR count). The van der Waals surface area contributed by atoms with Gasteiger partial charge in [0, 0.05) is 12.3 Å². The van der Waals surface area contributed by atoms with Crippen LogP contribution < -0.4 is 0 Å². The molecule has 10 unspecified atom stereocenters. The van der Waals surface area contributed by atoms with Gasteiger partial charge in [0.1, 0.15) is 18.3 Å². The molecule has 0 aromatic heterocycles. The van der Waals surface area contributed by atoms with E-state index in [1.807, 2.05) is 0 Å². The van der Waals surface area contributed by atoms with Crippen molar-refractivity contribution in [3.63, 3.8) is 0 Å². The Hall–Kier alpha value is -0.850. The Balaban J connectivity index is 1.14. The lowest BCUT2D eigenvalue weighted by atomic mass is 9.41. The first-order valence-corrected chi connectivity index (χ1v) is 18.3. The van der Waals surface area contributed by atoms with E-state index < -0.39 is 60.6 Å². The second-order valence-corrected chi connectivity index (χ2v) is 18.6. The summed E-state index contributed by atoms with van der Waals surface area (Å²) >= 11 is 0. The van der Waals surface area contributed by atoms with Gasteiger partial charge in [-0.15, -0.1) is 0 Å². The molecule has 2 heterocycles. The van der Waals surface area contributed by atoms with Gasteiger partial charge in [-0.2, -0.15) is 0 Å². The zero-order chi connectivity index (χ0) is 34.3. The SMILES string of the molecule is CC(=O)OC(C1C[C@@H](C)[C@H]2C(O1)[C@H](O)[C@@]1(C)C3CCC4C(C)(C)C(O[C@@H]5OC[C@@H](O)C(O)[C@H]5O)CCC45CC35CCC21C)C(C)(C)O. The van der Waals surface area contributed by atoms with Crippen LogP contribution in [0.25, 0.3) is 0 Å². The van der Waals surface area contributed by atoms with E-state index in [1.54, 1.807) is 13.8 Å². The van der Waals surface area contributed by atoms with Crippen LogP contribution in [0.4, 0.5) is 0 Å². The normalized spacial score (nSPS) is 55.4. The van der Waals surface area contributed by atoms with Gasteiger partial charge in [-0.05, 0) is 111 Å². The quantitative estimate of drug-likeness (QED) is 0.218. The van der Waals surface area contributed by atoms with Gasteiger partial charge in [0.15, 0.2) is 12.4 Å². The smallest absolute Gasteiger partial charge is 0.303 e. The Morgan fingerprint density at radius 3 is 2.26 bits per heavy atom. The second-order valence-electron chi connectivity index (χ2n) is 18.6. The molecule has 268 valence electrons. The maximum absolute atomic E-state index is 12.5. The number of carbonyl (C=O) groups excluding carboxylic acids is 1. The molecule has 7 aliphatic rings. The molecule has 47 heavy (non-hydrogen) atoms. The monoisotopic (exact) mass is 664 g/mol. The van der Waals surface area contributed by atoms with Gasteiger partial charge in [-0.25, -0.2) is 0 Å². The number of hydrogen-bond donors (Lipinski definition) is 5. The van der Waals surface area contributed by atoms with Gasteiger partial charge in [0.25, 0.3) is 0 Å². The number of aliphatic hydroxyl groups is 5. The first kappa shape index (κ1) is 34.6. The van der Waals surface area contributed by atoms with Gasteiger partial charge >= 0.3 is 5.97 Å². The van der Waals surface area contributed by atoms with Gasteiger partial charge in [0.2, 0.25) is 0 Å². The molecule has 5 N–H and O–H groups in total. The van der Waals surface area contributed by atoms with E-state index in [2.05, 4.69) is 34.6 Å². The van der Waals surface area contributed by atoms with Gasteiger partial charge in [0.05, 0.1) is 36.6 Å². The Bertz CT molecular complexity index is 1250. The summed E-state index contributed by atoms with van der Waals surface area (Å²) in [6.07, 6.45) is 0.712. The van der Waals surface area contributed by atoms with Crippen LogP contribution in [0.3, 0.4) is 0 Å². The Labute approximate surface area is 279 Å². The summed E-state index contributed by atoms with van der Waals surface area (Å²) in [4.78, 5) is 12.1. The van der Waals surface area contributed by atoms with E-state index >= 15 is 0 Å². The van der Waals surface area contributed by atoms with E-state index in [0.717, 1.165) is 38.5 Å². The summed E-state index contributed by atoms with van der Waals surface area (Å²) in [7, 11) is 0. The van der Waals surface area contributed by atoms with E-state index in [1.165, 1.54) is 13.3 Å². The number of aliphatic hydroxyl groups excluding tert-OH is 4. The predicted octanol–water partition coefficient (Wildman–Crippen LogP) is 3.33. The van der Waals surface area contributed by atoms with Crippen molar-refractivity contribution in [2.75, 3.05) is 6.61 Å². The van der Waals surface area contributed by atoms with Crippen molar-refractivity contribution in [1.29, 1.82) is 0 Å². The number of rotatable bonds is 5.